The van der Waals surface area contributed by atoms with Crippen molar-refractivity contribution in [2.24, 2.45) is 5.92 Å². The Balaban J connectivity index is 1.17. The van der Waals surface area contributed by atoms with E-state index in [1.165, 1.54) is 17.7 Å². The molecule has 1 aromatic carbocycles. The highest BCUT2D eigenvalue weighted by molar-refractivity contribution is 5.74. The molecule has 2 aliphatic rings. The number of nitrogens with zero attached hydrogens (tertiary/aromatic N) is 4. The van der Waals surface area contributed by atoms with Crippen molar-refractivity contribution in [3.05, 3.63) is 60.2 Å². The van der Waals surface area contributed by atoms with Crippen LogP contribution in [0.4, 0.5) is 14.9 Å². The molecule has 0 unspecified atom stereocenters. The average molecular weight is 397 g/mol. The third kappa shape index (κ3) is 5.23. The SMILES string of the molecule is O=C(NC[C@@H]1CCN(c2ccc(F)cc2)C1)N1CCN(Cc2cccnc2)CC1. The number of pyridine rings is 1. The van der Waals surface area contributed by atoms with Crippen LogP contribution in [-0.2, 0) is 6.54 Å². The molecule has 29 heavy (non-hydrogen) atoms. The molecule has 154 valence electrons. The van der Waals surface area contributed by atoms with E-state index in [4.69, 9.17) is 0 Å². The molecular weight excluding hydrogens is 369 g/mol. The largest absolute Gasteiger partial charge is 0.371 e. The molecule has 2 amide bonds. The maximum absolute atomic E-state index is 13.1. The fourth-order valence-electron chi connectivity index (χ4n) is 4.09. The highest BCUT2D eigenvalue weighted by atomic mass is 19.1. The summed E-state index contributed by atoms with van der Waals surface area (Å²) >= 11 is 0. The van der Waals surface area contributed by atoms with Gasteiger partial charge in [-0.2, -0.15) is 0 Å². The highest BCUT2D eigenvalue weighted by Crippen LogP contribution is 2.23. The number of nitrogens with one attached hydrogen (secondary N) is 1. The number of urea groups is 1. The van der Waals surface area contributed by atoms with E-state index in [0.717, 1.165) is 57.9 Å². The summed E-state index contributed by atoms with van der Waals surface area (Å²) in [5.74, 6) is 0.216. The van der Waals surface area contributed by atoms with Crippen LogP contribution in [0.25, 0.3) is 0 Å². The Bertz CT molecular complexity index is 793. The van der Waals surface area contributed by atoms with Crippen LogP contribution in [0.2, 0.25) is 0 Å². The zero-order valence-corrected chi connectivity index (χ0v) is 16.6. The van der Waals surface area contributed by atoms with Crippen LogP contribution in [0.5, 0.6) is 0 Å². The molecule has 6 nitrogen and oxygen atoms in total. The summed E-state index contributed by atoms with van der Waals surface area (Å²) < 4.78 is 13.1. The predicted molar refractivity (Wildman–Crippen MR) is 111 cm³/mol. The lowest BCUT2D eigenvalue weighted by Crippen LogP contribution is -2.52. The van der Waals surface area contributed by atoms with E-state index in [1.54, 1.807) is 6.20 Å². The predicted octanol–water partition coefficient (Wildman–Crippen LogP) is 2.57. The van der Waals surface area contributed by atoms with Gasteiger partial charge >= 0.3 is 6.03 Å². The van der Waals surface area contributed by atoms with Crippen molar-refractivity contribution in [3.8, 4) is 0 Å². The Kier molecular flexibility index (Phi) is 6.24. The fourth-order valence-corrected chi connectivity index (χ4v) is 4.09. The van der Waals surface area contributed by atoms with Gasteiger partial charge in [0.1, 0.15) is 5.82 Å². The molecule has 0 radical (unpaired) electrons. The second-order valence-corrected chi connectivity index (χ2v) is 7.89. The van der Waals surface area contributed by atoms with E-state index in [1.807, 2.05) is 29.3 Å². The van der Waals surface area contributed by atoms with Crippen LogP contribution in [0.3, 0.4) is 0 Å². The van der Waals surface area contributed by atoms with Crippen LogP contribution in [0.15, 0.2) is 48.8 Å². The van der Waals surface area contributed by atoms with Crippen molar-refractivity contribution in [1.29, 1.82) is 0 Å². The number of carbonyl (C=O) groups is 1. The van der Waals surface area contributed by atoms with Crippen molar-refractivity contribution in [2.75, 3.05) is 50.7 Å². The molecular formula is C22H28FN5O. The first kappa shape index (κ1) is 19.6. The molecule has 1 aromatic heterocycles. The van der Waals surface area contributed by atoms with Crippen molar-refractivity contribution in [1.82, 2.24) is 20.1 Å². The van der Waals surface area contributed by atoms with Gasteiger partial charge in [0.25, 0.3) is 0 Å². The van der Waals surface area contributed by atoms with Gasteiger partial charge in [0.2, 0.25) is 0 Å². The standard InChI is InChI=1S/C22H28FN5O/c23-20-3-5-21(6-4-20)28-9-7-19(17-28)15-25-22(29)27-12-10-26(11-13-27)16-18-2-1-8-24-14-18/h1-6,8,14,19H,7,9-13,15-17H2,(H,25,29)/t19-/m0/s1. The van der Waals surface area contributed by atoms with Crippen molar-refractivity contribution >= 4 is 11.7 Å². The van der Waals surface area contributed by atoms with Gasteiger partial charge in [0, 0.05) is 70.4 Å². The summed E-state index contributed by atoms with van der Waals surface area (Å²) in [5, 5.41) is 3.11. The number of piperazine rings is 1. The molecule has 0 spiro atoms. The fraction of sp³-hybridized carbons (Fsp3) is 0.455. The molecule has 3 heterocycles. The van der Waals surface area contributed by atoms with Gasteiger partial charge in [-0.15, -0.1) is 0 Å². The van der Waals surface area contributed by atoms with Crippen LogP contribution >= 0.6 is 0 Å². The number of halogens is 1. The van der Waals surface area contributed by atoms with Crippen molar-refractivity contribution in [3.63, 3.8) is 0 Å². The van der Waals surface area contributed by atoms with E-state index in [9.17, 15) is 9.18 Å². The lowest BCUT2D eigenvalue weighted by Gasteiger charge is -2.34. The lowest BCUT2D eigenvalue weighted by atomic mass is 10.1. The minimum atomic E-state index is -0.211. The maximum atomic E-state index is 13.1. The number of benzene rings is 1. The topological polar surface area (TPSA) is 51.7 Å². The Hall–Kier alpha value is -2.67. The number of aromatic nitrogens is 1. The van der Waals surface area contributed by atoms with Crippen LogP contribution in [-0.4, -0.2) is 66.6 Å². The van der Waals surface area contributed by atoms with E-state index >= 15 is 0 Å². The number of anilines is 1. The van der Waals surface area contributed by atoms with Crippen LogP contribution in [0.1, 0.15) is 12.0 Å². The summed E-state index contributed by atoms with van der Waals surface area (Å²) in [5.41, 5.74) is 2.25. The second-order valence-electron chi connectivity index (χ2n) is 7.89. The van der Waals surface area contributed by atoms with Gasteiger partial charge in [-0.05, 0) is 48.2 Å². The zero-order valence-electron chi connectivity index (χ0n) is 16.6. The third-order valence-electron chi connectivity index (χ3n) is 5.81. The number of hydrogen-bond donors (Lipinski definition) is 1. The second kappa shape index (κ2) is 9.22. The van der Waals surface area contributed by atoms with Crippen molar-refractivity contribution < 1.29 is 9.18 Å². The molecule has 1 atom stereocenters. The number of hydrogen-bond acceptors (Lipinski definition) is 4. The summed E-state index contributed by atoms with van der Waals surface area (Å²) in [4.78, 5) is 23.2. The quantitative estimate of drug-likeness (QED) is 0.843. The first-order valence-electron chi connectivity index (χ1n) is 10.3. The first-order chi connectivity index (χ1) is 14.2. The Morgan fingerprint density at radius 2 is 1.90 bits per heavy atom. The van der Waals surface area contributed by atoms with Gasteiger partial charge in [0.05, 0.1) is 0 Å². The molecule has 0 aliphatic carbocycles. The van der Waals surface area contributed by atoms with Crippen LogP contribution < -0.4 is 10.2 Å². The van der Waals surface area contributed by atoms with Gasteiger partial charge in [0.15, 0.2) is 0 Å². The molecule has 2 saturated heterocycles. The smallest absolute Gasteiger partial charge is 0.317 e. The zero-order chi connectivity index (χ0) is 20.1. The summed E-state index contributed by atoms with van der Waals surface area (Å²) in [7, 11) is 0. The summed E-state index contributed by atoms with van der Waals surface area (Å²) in [6.07, 6.45) is 4.72. The monoisotopic (exact) mass is 397 g/mol. The van der Waals surface area contributed by atoms with Gasteiger partial charge < -0.3 is 15.1 Å². The molecule has 0 saturated carbocycles. The highest BCUT2D eigenvalue weighted by Gasteiger charge is 2.25. The lowest BCUT2D eigenvalue weighted by molar-refractivity contribution is 0.134. The number of carbonyl (C=O) groups excluding carboxylic acids is 1. The van der Waals surface area contributed by atoms with E-state index in [-0.39, 0.29) is 11.8 Å². The number of amides is 2. The van der Waals surface area contributed by atoms with Gasteiger partial charge in [-0.25, -0.2) is 9.18 Å². The van der Waals surface area contributed by atoms with Crippen LogP contribution in [0, 0.1) is 11.7 Å². The Morgan fingerprint density at radius 3 is 2.62 bits per heavy atom. The minimum absolute atomic E-state index is 0.0336. The molecule has 7 heteroatoms. The van der Waals surface area contributed by atoms with E-state index < -0.39 is 0 Å². The molecule has 1 N–H and O–H groups in total. The molecule has 2 fully saturated rings. The Labute approximate surface area is 171 Å². The molecule has 2 aromatic rings. The van der Waals surface area contributed by atoms with Gasteiger partial charge in [-0.1, -0.05) is 6.07 Å². The molecule has 2 aliphatic heterocycles. The average Bonchev–Trinajstić information content (AvgIpc) is 3.23. The normalized spacial score (nSPS) is 20.1. The Morgan fingerprint density at radius 1 is 1.10 bits per heavy atom. The van der Waals surface area contributed by atoms with E-state index in [0.29, 0.717) is 12.5 Å². The molecule has 0 bridgehead atoms. The molecule has 4 rings (SSSR count). The minimum Gasteiger partial charge on any atom is -0.371 e. The first-order valence-corrected chi connectivity index (χ1v) is 10.3. The van der Waals surface area contributed by atoms with E-state index in [2.05, 4.69) is 26.2 Å². The summed E-state index contributed by atoms with van der Waals surface area (Å²) in [6, 6.07) is 10.7. The van der Waals surface area contributed by atoms with Gasteiger partial charge in [-0.3, -0.25) is 9.88 Å². The maximum Gasteiger partial charge on any atom is 0.317 e. The van der Waals surface area contributed by atoms with Crippen molar-refractivity contribution in [2.45, 2.75) is 13.0 Å². The number of rotatable bonds is 5. The summed E-state index contributed by atoms with van der Waals surface area (Å²) in [6.45, 7) is 6.66. The third-order valence-corrected chi connectivity index (χ3v) is 5.81.